The predicted molar refractivity (Wildman–Crippen MR) is 94.1 cm³/mol. The molecule has 26 heavy (non-hydrogen) atoms. The van der Waals surface area contributed by atoms with Gasteiger partial charge in [-0.25, -0.2) is 9.59 Å². The molecule has 1 aromatic carbocycles. The van der Waals surface area contributed by atoms with Crippen LogP contribution in [0.1, 0.15) is 39.3 Å². The van der Waals surface area contributed by atoms with Gasteiger partial charge in [-0.2, -0.15) is 0 Å². The van der Waals surface area contributed by atoms with E-state index in [2.05, 4.69) is 5.32 Å². The molecule has 0 saturated heterocycles. The highest BCUT2D eigenvalue weighted by Gasteiger charge is 2.25. The molecule has 1 unspecified atom stereocenters. The molecule has 0 aliphatic carbocycles. The molecular formula is C18H27NO7. The Hall–Kier alpha value is -2.32. The molecule has 0 bridgehead atoms. The molecule has 0 saturated carbocycles. The first-order valence-electron chi connectivity index (χ1n) is 8.25. The van der Waals surface area contributed by atoms with E-state index < -0.39 is 30.0 Å². The van der Waals surface area contributed by atoms with E-state index in [0.29, 0.717) is 17.9 Å². The third-order valence-electron chi connectivity index (χ3n) is 3.12. The number of hydrogen-bond acceptors (Lipinski definition) is 6. The lowest BCUT2D eigenvalue weighted by Gasteiger charge is -2.22. The van der Waals surface area contributed by atoms with Gasteiger partial charge in [0, 0.05) is 13.7 Å². The SMILES string of the molecule is CCOC(COc1ccc([C@@H](NC(=O)OC(C)(C)C)C(=O)O)cc1)OC. The molecule has 0 spiro atoms. The fraction of sp³-hybridized carbons (Fsp3) is 0.556. The summed E-state index contributed by atoms with van der Waals surface area (Å²) in [5.41, 5.74) is -0.327. The quantitative estimate of drug-likeness (QED) is 0.645. The van der Waals surface area contributed by atoms with Gasteiger partial charge in [-0.1, -0.05) is 12.1 Å². The van der Waals surface area contributed by atoms with Crippen molar-refractivity contribution in [1.82, 2.24) is 5.32 Å². The zero-order chi connectivity index (χ0) is 19.7. The molecular weight excluding hydrogens is 342 g/mol. The Balaban J connectivity index is 2.73. The van der Waals surface area contributed by atoms with E-state index in [1.807, 2.05) is 6.92 Å². The van der Waals surface area contributed by atoms with Crippen molar-refractivity contribution in [2.75, 3.05) is 20.3 Å². The third-order valence-corrected chi connectivity index (χ3v) is 3.12. The number of amides is 1. The number of carboxylic acids is 1. The van der Waals surface area contributed by atoms with Gasteiger partial charge >= 0.3 is 12.1 Å². The van der Waals surface area contributed by atoms with Crippen LogP contribution < -0.4 is 10.1 Å². The summed E-state index contributed by atoms with van der Waals surface area (Å²) in [6.45, 7) is 7.64. The van der Waals surface area contributed by atoms with Crippen molar-refractivity contribution in [3.8, 4) is 5.75 Å². The van der Waals surface area contributed by atoms with Gasteiger partial charge in [-0.3, -0.25) is 0 Å². The van der Waals surface area contributed by atoms with Crippen LogP contribution in [0, 0.1) is 0 Å². The number of methoxy groups -OCH3 is 1. The number of benzene rings is 1. The van der Waals surface area contributed by atoms with Crippen LogP contribution in [0.3, 0.4) is 0 Å². The van der Waals surface area contributed by atoms with Crippen molar-refractivity contribution < 1.29 is 33.6 Å². The highest BCUT2D eigenvalue weighted by Crippen LogP contribution is 2.19. The summed E-state index contributed by atoms with van der Waals surface area (Å²) in [5, 5.41) is 11.7. The van der Waals surface area contributed by atoms with Gasteiger partial charge < -0.3 is 29.4 Å². The number of alkyl carbamates (subject to hydrolysis) is 1. The number of carboxylic acid groups (broad SMARTS) is 1. The fourth-order valence-electron chi connectivity index (χ4n) is 2.00. The predicted octanol–water partition coefficient (Wildman–Crippen LogP) is 2.72. The van der Waals surface area contributed by atoms with E-state index in [4.69, 9.17) is 18.9 Å². The second-order valence-corrected chi connectivity index (χ2v) is 6.42. The van der Waals surface area contributed by atoms with Gasteiger partial charge in [0.2, 0.25) is 0 Å². The maximum atomic E-state index is 11.8. The lowest BCUT2D eigenvalue weighted by atomic mass is 10.1. The average Bonchev–Trinajstić information content (AvgIpc) is 2.55. The van der Waals surface area contributed by atoms with Crippen LogP contribution in [0.2, 0.25) is 0 Å². The molecule has 1 amide bonds. The Morgan fingerprint density at radius 1 is 1.19 bits per heavy atom. The van der Waals surface area contributed by atoms with Crippen LogP contribution in [0.4, 0.5) is 4.79 Å². The molecule has 0 aromatic heterocycles. The number of ether oxygens (including phenoxy) is 4. The van der Waals surface area contributed by atoms with Gasteiger partial charge in [0.05, 0.1) is 0 Å². The van der Waals surface area contributed by atoms with Crippen LogP contribution in [0.15, 0.2) is 24.3 Å². The molecule has 1 aromatic rings. The van der Waals surface area contributed by atoms with Crippen LogP contribution >= 0.6 is 0 Å². The van der Waals surface area contributed by atoms with E-state index in [0.717, 1.165) is 0 Å². The summed E-state index contributed by atoms with van der Waals surface area (Å²) in [5.74, 6) is -0.669. The van der Waals surface area contributed by atoms with Crippen molar-refractivity contribution in [2.24, 2.45) is 0 Å². The second kappa shape index (κ2) is 9.98. The molecule has 8 heteroatoms. The first-order valence-corrected chi connectivity index (χ1v) is 8.25. The van der Waals surface area contributed by atoms with Crippen LogP contribution in [-0.2, 0) is 19.0 Å². The molecule has 0 heterocycles. The highest BCUT2D eigenvalue weighted by molar-refractivity contribution is 5.81. The number of carbonyl (C=O) groups excluding carboxylic acids is 1. The lowest BCUT2D eigenvalue weighted by Crippen LogP contribution is -2.38. The van der Waals surface area contributed by atoms with Gasteiger partial charge in [0.1, 0.15) is 18.0 Å². The Bertz CT molecular complexity index is 580. The Morgan fingerprint density at radius 3 is 2.27 bits per heavy atom. The Labute approximate surface area is 153 Å². The third kappa shape index (κ3) is 7.71. The Morgan fingerprint density at radius 2 is 1.81 bits per heavy atom. The average molecular weight is 369 g/mol. The minimum Gasteiger partial charge on any atom is -0.488 e. The number of hydrogen-bond donors (Lipinski definition) is 2. The molecule has 0 aliphatic heterocycles. The van der Waals surface area contributed by atoms with Crippen LogP contribution in [0.5, 0.6) is 5.75 Å². The summed E-state index contributed by atoms with van der Waals surface area (Å²) < 4.78 is 21.0. The molecule has 8 nitrogen and oxygen atoms in total. The van der Waals surface area contributed by atoms with Crippen LogP contribution in [-0.4, -0.2) is 49.4 Å². The van der Waals surface area contributed by atoms with Gasteiger partial charge in [0.25, 0.3) is 0 Å². The molecule has 1 rings (SSSR count). The lowest BCUT2D eigenvalue weighted by molar-refractivity contribution is -0.139. The van der Waals surface area contributed by atoms with Crippen LogP contribution in [0.25, 0.3) is 0 Å². The standard InChI is InChI=1S/C18H27NO7/c1-6-24-14(23-5)11-25-13-9-7-12(8-10-13)15(16(20)21)19-17(22)26-18(2,3)4/h7-10,14-15H,6,11H2,1-5H3,(H,19,22)(H,20,21)/t14?,15-/m1/s1. The van der Waals surface area contributed by atoms with E-state index in [-0.39, 0.29) is 6.61 Å². The molecule has 2 atom stereocenters. The first kappa shape index (κ1) is 21.7. The number of nitrogens with one attached hydrogen (secondary N) is 1. The van der Waals surface area contributed by atoms with Crippen molar-refractivity contribution in [3.63, 3.8) is 0 Å². The molecule has 0 radical (unpaired) electrons. The van der Waals surface area contributed by atoms with Crippen molar-refractivity contribution >= 4 is 12.1 Å². The molecule has 0 fully saturated rings. The zero-order valence-electron chi connectivity index (χ0n) is 15.8. The van der Waals surface area contributed by atoms with Gasteiger partial charge in [-0.05, 0) is 45.4 Å². The summed E-state index contributed by atoms with van der Waals surface area (Å²) in [4.78, 5) is 23.3. The topological polar surface area (TPSA) is 103 Å². The van der Waals surface area contributed by atoms with E-state index in [1.54, 1.807) is 45.0 Å². The summed E-state index contributed by atoms with van der Waals surface area (Å²) >= 11 is 0. The van der Waals surface area contributed by atoms with Crippen molar-refractivity contribution in [1.29, 1.82) is 0 Å². The maximum Gasteiger partial charge on any atom is 0.408 e. The summed E-state index contributed by atoms with van der Waals surface area (Å²) in [6.07, 6.45) is -1.29. The second-order valence-electron chi connectivity index (χ2n) is 6.42. The molecule has 2 N–H and O–H groups in total. The van der Waals surface area contributed by atoms with Crippen molar-refractivity contribution in [2.45, 2.75) is 45.6 Å². The maximum absolute atomic E-state index is 11.8. The minimum absolute atomic E-state index is 0.197. The van der Waals surface area contributed by atoms with E-state index >= 15 is 0 Å². The molecule has 146 valence electrons. The number of carbonyl (C=O) groups is 2. The fourth-order valence-corrected chi connectivity index (χ4v) is 2.00. The summed E-state index contributed by atoms with van der Waals surface area (Å²) in [7, 11) is 1.52. The first-order chi connectivity index (χ1) is 12.2. The molecule has 0 aliphatic rings. The van der Waals surface area contributed by atoms with Gasteiger partial charge in [-0.15, -0.1) is 0 Å². The van der Waals surface area contributed by atoms with Gasteiger partial charge in [0.15, 0.2) is 12.3 Å². The highest BCUT2D eigenvalue weighted by atomic mass is 16.7. The summed E-state index contributed by atoms with van der Waals surface area (Å²) in [6, 6.07) is 5.12. The zero-order valence-corrected chi connectivity index (χ0v) is 15.8. The van der Waals surface area contributed by atoms with Crippen molar-refractivity contribution in [3.05, 3.63) is 29.8 Å². The largest absolute Gasteiger partial charge is 0.488 e. The van der Waals surface area contributed by atoms with E-state index in [1.165, 1.54) is 7.11 Å². The minimum atomic E-state index is -1.23. The smallest absolute Gasteiger partial charge is 0.408 e. The Kier molecular flexibility index (Phi) is 8.34. The number of aliphatic carboxylic acids is 1. The number of rotatable bonds is 9. The monoisotopic (exact) mass is 369 g/mol. The normalized spacial score (nSPS) is 13.6. The van der Waals surface area contributed by atoms with E-state index in [9.17, 15) is 14.7 Å².